The Labute approximate surface area is 170 Å². The third-order valence-electron chi connectivity index (χ3n) is 5.44. The lowest BCUT2D eigenvalue weighted by molar-refractivity contribution is -0.135. The van der Waals surface area contributed by atoms with Crippen molar-refractivity contribution in [2.45, 2.75) is 19.3 Å². The van der Waals surface area contributed by atoms with Gasteiger partial charge in [0.2, 0.25) is 0 Å². The molecule has 1 amide bonds. The predicted molar refractivity (Wildman–Crippen MR) is 107 cm³/mol. The third kappa shape index (κ3) is 4.88. The number of piperidine rings is 1. The highest BCUT2D eigenvalue weighted by Crippen LogP contribution is 2.31. The van der Waals surface area contributed by atoms with Crippen LogP contribution in [0.4, 0.5) is 0 Å². The molecule has 0 radical (unpaired) electrons. The van der Waals surface area contributed by atoms with Crippen LogP contribution in [0.2, 0.25) is 0 Å². The molecule has 0 N–H and O–H groups in total. The molecule has 2 heterocycles. The number of likely N-dealkylation sites (tertiary alicyclic amines) is 1. The number of hydrogen-bond donors (Lipinski definition) is 0. The molecule has 2 aromatic rings. The average molecular weight is 395 g/mol. The Kier molecular flexibility index (Phi) is 5.98. The van der Waals surface area contributed by atoms with E-state index in [2.05, 4.69) is 24.3 Å². The number of rotatable bonds is 5. The maximum Gasteiger partial charge on any atom is 0.338 e. The lowest BCUT2D eigenvalue weighted by atomic mass is 9.90. The summed E-state index contributed by atoms with van der Waals surface area (Å²) in [6.45, 7) is 2.12. The highest BCUT2D eigenvalue weighted by Gasteiger charge is 2.24. The Morgan fingerprint density at radius 1 is 0.966 bits per heavy atom. The second kappa shape index (κ2) is 8.99. The van der Waals surface area contributed by atoms with Crippen LogP contribution in [0.3, 0.4) is 0 Å². The summed E-state index contributed by atoms with van der Waals surface area (Å²) in [4.78, 5) is 26.5. The largest absolute Gasteiger partial charge is 0.486 e. The number of nitrogens with zero attached hydrogens (tertiary/aromatic N) is 1. The van der Waals surface area contributed by atoms with E-state index < -0.39 is 5.97 Å². The van der Waals surface area contributed by atoms with Crippen LogP contribution in [-0.2, 0) is 16.0 Å². The summed E-state index contributed by atoms with van der Waals surface area (Å²) in [6.07, 6.45) is 2.98. The van der Waals surface area contributed by atoms with Gasteiger partial charge in [0.25, 0.3) is 5.91 Å². The molecule has 0 atom stereocenters. The van der Waals surface area contributed by atoms with Crippen LogP contribution in [-0.4, -0.2) is 49.7 Å². The molecule has 2 aliphatic rings. The molecule has 1 saturated heterocycles. The Balaban J connectivity index is 1.23. The van der Waals surface area contributed by atoms with E-state index in [-0.39, 0.29) is 12.5 Å². The van der Waals surface area contributed by atoms with Crippen molar-refractivity contribution in [3.05, 3.63) is 59.7 Å². The number of carbonyl (C=O) groups is 2. The van der Waals surface area contributed by atoms with Gasteiger partial charge in [-0.15, -0.1) is 0 Å². The summed E-state index contributed by atoms with van der Waals surface area (Å²) in [5.74, 6) is 1.05. The minimum Gasteiger partial charge on any atom is -0.486 e. The second-order valence-electron chi connectivity index (χ2n) is 7.45. The molecule has 2 aromatic carbocycles. The van der Waals surface area contributed by atoms with Crippen molar-refractivity contribution < 1.29 is 23.8 Å². The van der Waals surface area contributed by atoms with Crippen LogP contribution in [0.1, 0.15) is 28.8 Å². The maximum atomic E-state index is 12.4. The molecular formula is C23H25NO5. The Morgan fingerprint density at radius 3 is 2.45 bits per heavy atom. The fourth-order valence-electron chi connectivity index (χ4n) is 3.81. The number of fused-ring (bicyclic) bond motifs is 1. The van der Waals surface area contributed by atoms with Crippen LogP contribution >= 0.6 is 0 Å². The quantitative estimate of drug-likeness (QED) is 0.728. The van der Waals surface area contributed by atoms with Crippen molar-refractivity contribution in [3.8, 4) is 11.5 Å². The van der Waals surface area contributed by atoms with Crippen molar-refractivity contribution in [2.24, 2.45) is 5.92 Å². The number of hydrogen-bond acceptors (Lipinski definition) is 5. The minimum absolute atomic E-state index is 0.144. The summed E-state index contributed by atoms with van der Waals surface area (Å²) in [5.41, 5.74) is 1.69. The minimum atomic E-state index is -0.533. The van der Waals surface area contributed by atoms with Gasteiger partial charge in [0.15, 0.2) is 18.1 Å². The fourth-order valence-corrected chi connectivity index (χ4v) is 3.81. The van der Waals surface area contributed by atoms with E-state index in [0.717, 1.165) is 19.3 Å². The summed E-state index contributed by atoms with van der Waals surface area (Å²) in [6, 6.07) is 15.3. The Hall–Kier alpha value is -3.02. The van der Waals surface area contributed by atoms with E-state index in [1.54, 1.807) is 23.1 Å². The monoisotopic (exact) mass is 395 g/mol. The normalized spacial score (nSPS) is 16.3. The van der Waals surface area contributed by atoms with Gasteiger partial charge < -0.3 is 19.1 Å². The van der Waals surface area contributed by atoms with Gasteiger partial charge in [-0.2, -0.15) is 0 Å². The van der Waals surface area contributed by atoms with E-state index in [4.69, 9.17) is 14.2 Å². The molecule has 6 heteroatoms. The van der Waals surface area contributed by atoms with Gasteiger partial charge in [-0.25, -0.2) is 4.79 Å². The van der Waals surface area contributed by atoms with Crippen LogP contribution in [0.15, 0.2) is 48.5 Å². The van der Waals surface area contributed by atoms with Crippen molar-refractivity contribution >= 4 is 11.9 Å². The van der Waals surface area contributed by atoms with Gasteiger partial charge in [0.1, 0.15) is 13.2 Å². The maximum absolute atomic E-state index is 12.4. The van der Waals surface area contributed by atoms with Gasteiger partial charge in [0.05, 0.1) is 5.56 Å². The van der Waals surface area contributed by atoms with E-state index in [0.29, 0.717) is 49.3 Å². The molecule has 6 nitrogen and oxygen atoms in total. The summed E-state index contributed by atoms with van der Waals surface area (Å²) in [7, 11) is 0. The molecule has 0 saturated carbocycles. The first-order valence-corrected chi connectivity index (χ1v) is 10.1. The number of amides is 1. The molecule has 2 aliphatic heterocycles. The predicted octanol–water partition coefficient (Wildman–Crippen LogP) is 3.10. The van der Waals surface area contributed by atoms with Gasteiger partial charge in [-0.3, -0.25) is 4.79 Å². The van der Waals surface area contributed by atoms with Crippen LogP contribution in [0, 0.1) is 5.92 Å². The molecule has 0 spiro atoms. The molecule has 29 heavy (non-hydrogen) atoms. The average Bonchev–Trinajstić information content (AvgIpc) is 2.78. The number of carbonyl (C=O) groups excluding carboxylic acids is 2. The standard InChI is InChI=1S/C23H25NO5/c25-22(24-10-8-18(9-11-24)14-17-4-2-1-3-5-17)16-29-23(26)19-6-7-20-21(15-19)28-13-12-27-20/h1-7,15,18H,8-14,16H2. The van der Waals surface area contributed by atoms with Gasteiger partial charge >= 0.3 is 5.97 Å². The fraction of sp³-hybridized carbons (Fsp3) is 0.391. The Bertz CT molecular complexity index is 859. The van der Waals surface area contributed by atoms with Crippen LogP contribution in [0.5, 0.6) is 11.5 Å². The van der Waals surface area contributed by atoms with Gasteiger partial charge in [0, 0.05) is 13.1 Å². The zero-order valence-corrected chi connectivity index (χ0v) is 16.3. The van der Waals surface area contributed by atoms with Crippen molar-refractivity contribution in [1.82, 2.24) is 4.90 Å². The number of esters is 1. The molecule has 4 rings (SSSR count). The number of ether oxygens (including phenoxy) is 3. The highest BCUT2D eigenvalue weighted by atomic mass is 16.6. The molecule has 1 fully saturated rings. The van der Waals surface area contributed by atoms with E-state index in [1.807, 2.05) is 6.07 Å². The lowest BCUT2D eigenvalue weighted by Gasteiger charge is -2.32. The number of benzene rings is 2. The van der Waals surface area contributed by atoms with Crippen LogP contribution in [0.25, 0.3) is 0 Å². The van der Waals surface area contributed by atoms with E-state index in [1.165, 1.54) is 5.56 Å². The zero-order valence-electron chi connectivity index (χ0n) is 16.3. The molecule has 152 valence electrons. The second-order valence-corrected chi connectivity index (χ2v) is 7.45. The van der Waals surface area contributed by atoms with Crippen molar-refractivity contribution in [1.29, 1.82) is 0 Å². The van der Waals surface area contributed by atoms with Gasteiger partial charge in [-0.1, -0.05) is 30.3 Å². The first kappa shape index (κ1) is 19.3. The lowest BCUT2D eigenvalue weighted by Crippen LogP contribution is -2.41. The first-order chi connectivity index (χ1) is 14.2. The van der Waals surface area contributed by atoms with Gasteiger partial charge in [-0.05, 0) is 48.9 Å². The molecule has 0 aliphatic carbocycles. The highest BCUT2D eigenvalue weighted by molar-refractivity contribution is 5.92. The van der Waals surface area contributed by atoms with Crippen molar-refractivity contribution in [2.75, 3.05) is 32.9 Å². The first-order valence-electron chi connectivity index (χ1n) is 10.1. The molecule has 0 bridgehead atoms. The molecular weight excluding hydrogens is 370 g/mol. The summed E-state index contributed by atoms with van der Waals surface area (Å²) >= 11 is 0. The third-order valence-corrected chi connectivity index (χ3v) is 5.44. The Morgan fingerprint density at radius 2 is 1.69 bits per heavy atom. The van der Waals surface area contributed by atoms with E-state index in [9.17, 15) is 9.59 Å². The molecule has 0 unspecified atom stereocenters. The van der Waals surface area contributed by atoms with E-state index >= 15 is 0 Å². The van der Waals surface area contributed by atoms with Crippen molar-refractivity contribution in [3.63, 3.8) is 0 Å². The topological polar surface area (TPSA) is 65.1 Å². The summed E-state index contributed by atoms with van der Waals surface area (Å²) in [5, 5.41) is 0. The smallest absolute Gasteiger partial charge is 0.338 e. The van der Waals surface area contributed by atoms with Crippen LogP contribution < -0.4 is 9.47 Å². The summed E-state index contributed by atoms with van der Waals surface area (Å²) < 4.78 is 16.2. The SMILES string of the molecule is O=C(OCC(=O)N1CCC(Cc2ccccc2)CC1)c1ccc2c(c1)OCCO2. The molecule has 0 aromatic heterocycles. The zero-order chi connectivity index (χ0) is 20.1.